The smallest absolute Gasteiger partial charge is 0.305 e. The molecule has 1 aromatic carbocycles. The molecule has 2 nitrogen and oxygen atoms in total. The van der Waals surface area contributed by atoms with Crippen LogP contribution >= 0.6 is 23.2 Å². The fourth-order valence-electron chi connectivity index (χ4n) is 0.925. The molecular weight excluding hydrogens is 223 g/mol. The SMILES string of the molecule is CCC(=O)OCc1c(Cl)cccc1Cl. The van der Waals surface area contributed by atoms with E-state index in [0.717, 1.165) is 0 Å². The molecule has 0 aliphatic heterocycles. The van der Waals surface area contributed by atoms with Gasteiger partial charge >= 0.3 is 5.97 Å². The first-order chi connectivity index (χ1) is 6.65. The van der Waals surface area contributed by atoms with Crippen LogP contribution in [0.4, 0.5) is 0 Å². The number of esters is 1. The maximum absolute atomic E-state index is 10.9. The molecule has 0 radical (unpaired) electrons. The average Bonchev–Trinajstić information content (AvgIpc) is 2.16. The first-order valence-corrected chi connectivity index (χ1v) is 4.99. The van der Waals surface area contributed by atoms with Gasteiger partial charge in [-0.05, 0) is 12.1 Å². The molecule has 14 heavy (non-hydrogen) atoms. The Morgan fingerprint density at radius 3 is 2.43 bits per heavy atom. The van der Waals surface area contributed by atoms with E-state index in [4.69, 9.17) is 27.9 Å². The Kier molecular flexibility index (Phi) is 4.23. The van der Waals surface area contributed by atoms with Crippen molar-refractivity contribution in [3.05, 3.63) is 33.8 Å². The van der Waals surface area contributed by atoms with Crippen LogP contribution in [0.1, 0.15) is 18.9 Å². The molecule has 0 aliphatic carbocycles. The first kappa shape index (κ1) is 11.3. The minimum atomic E-state index is -0.263. The van der Waals surface area contributed by atoms with Crippen molar-refractivity contribution in [2.45, 2.75) is 20.0 Å². The molecule has 1 aromatic rings. The van der Waals surface area contributed by atoms with Gasteiger partial charge in [-0.25, -0.2) is 0 Å². The summed E-state index contributed by atoms with van der Waals surface area (Å²) in [6.07, 6.45) is 0.349. The van der Waals surface area contributed by atoms with E-state index >= 15 is 0 Å². The summed E-state index contributed by atoms with van der Waals surface area (Å²) in [6, 6.07) is 5.17. The number of carbonyl (C=O) groups excluding carboxylic acids is 1. The normalized spacial score (nSPS) is 9.93. The Morgan fingerprint density at radius 2 is 1.93 bits per heavy atom. The van der Waals surface area contributed by atoms with Crippen LogP contribution in [0, 0.1) is 0 Å². The molecule has 4 heteroatoms. The van der Waals surface area contributed by atoms with E-state index in [2.05, 4.69) is 0 Å². The van der Waals surface area contributed by atoms with Gasteiger partial charge in [-0.2, -0.15) is 0 Å². The van der Waals surface area contributed by atoms with E-state index in [-0.39, 0.29) is 12.6 Å². The topological polar surface area (TPSA) is 26.3 Å². The van der Waals surface area contributed by atoms with Crippen LogP contribution in [0.5, 0.6) is 0 Å². The largest absolute Gasteiger partial charge is 0.461 e. The Bertz CT molecular complexity index is 317. The number of benzene rings is 1. The zero-order valence-electron chi connectivity index (χ0n) is 7.72. The van der Waals surface area contributed by atoms with Gasteiger partial charge in [-0.3, -0.25) is 4.79 Å². The Morgan fingerprint density at radius 1 is 1.36 bits per heavy atom. The summed E-state index contributed by atoms with van der Waals surface area (Å²) < 4.78 is 4.93. The number of hydrogen-bond acceptors (Lipinski definition) is 2. The van der Waals surface area contributed by atoms with Crippen molar-refractivity contribution in [1.29, 1.82) is 0 Å². The molecule has 0 atom stereocenters. The Balaban J connectivity index is 2.71. The van der Waals surface area contributed by atoms with Crippen LogP contribution in [-0.2, 0) is 16.1 Å². The second-order valence-corrected chi connectivity index (χ2v) is 3.53. The third kappa shape index (κ3) is 2.89. The van der Waals surface area contributed by atoms with Crippen LogP contribution in [0.3, 0.4) is 0 Å². The summed E-state index contributed by atoms with van der Waals surface area (Å²) in [6.45, 7) is 1.86. The lowest BCUT2D eigenvalue weighted by Crippen LogP contribution is -2.03. The predicted octanol–water partition coefficient (Wildman–Crippen LogP) is 3.45. The van der Waals surface area contributed by atoms with Crippen molar-refractivity contribution < 1.29 is 9.53 Å². The third-order valence-corrected chi connectivity index (χ3v) is 2.44. The summed E-state index contributed by atoms with van der Waals surface area (Å²) in [4.78, 5) is 10.9. The molecule has 0 saturated carbocycles. The van der Waals surface area contributed by atoms with Crippen LogP contribution in [0.2, 0.25) is 10.0 Å². The highest BCUT2D eigenvalue weighted by molar-refractivity contribution is 6.35. The van der Waals surface area contributed by atoms with E-state index in [1.165, 1.54) is 0 Å². The second-order valence-electron chi connectivity index (χ2n) is 2.71. The van der Waals surface area contributed by atoms with Crippen molar-refractivity contribution in [1.82, 2.24) is 0 Å². The molecule has 0 unspecified atom stereocenters. The maximum atomic E-state index is 10.9. The lowest BCUT2D eigenvalue weighted by atomic mass is 10.2. The standard InChI is InChI=1S/C10H10Cl2O2/c1-2-10(13)14-6-7-8(11)4-3-5-9(7)12/h3-5H,2,6H2,1H3. The lowest BCUT2D eigenvalue weighted by molar-refractivity contribution is -0.144. The van der Waals surface area contributed by atoms with E-state index < -0.39 is 0 Å². The summed E-state index contributed by atoms with van der Waals surface area (Å²) in [5.74, 6) is -0.263. The average molecular weight is 233 g/mol. The minimum Gasteiger partial charge on any atom is -0.461 e. The van der Waals surface area contributed by atoms with Crippen LogP contribution in [0.15, 0.2) is 18.2 Å². The molecule has 0 heterocycles. The van der Waals surface area contributed by atoms with Gasteiger partial charge in [0.05, 0.1) is 0 Å². The van der Waals surface area contributed by atoms with Gasteiger partial charge < -0.3 is 4.74 Å². The van der Waals surface area contributed by atoms with Crippen LogP contribution < -0.4 is 0 Å². The van der Waals surface area contributed by atoms with Gasteiger partial charge in [0.2, 0.25) is 0 Å². The quantitative estimate of drug-likeness (QED) is 0.747. The molecule has 0 aromatic heterocycles. The number of hydrogen-bond donors (Lipinski definition) is 0. The lowest BCUT2D eigenvalue weighted by Gasteiger charge is -2.07. The Hall–Kier alpha value is -0.730. The van der Waals surface area contributed by atoms with Gasteiger partial charge in [-0.1, -0.05) is 36.2 Å². The molecule has 0 aliphatic rings. The van der Waals surface area contributed by atoms with Crippen molar-refractivity contribution in [3.8, 4) is 0 Å². The summed E-state index contributed by atoms with van der Waals surface area (Å²) in [7, 11) is 0. The van der Waals surface area contributed by atoms with Crippen LogP contribution in [0.25, 0.3) is 0 Å². The van der Waals surface area contributed by atoms with Gasteiger partial charge in [0.1, 0.15) is 6.61 Å². The highest BCUT2D eigenvalue weighted by Gasteiger charge is 2.07. The maximum Gasteiger partial charge on any atom is 0.305 e. The van der Waals surface area contributed by atoms with E-state index in [1.807, 2.05) is 0 Å². The number of carbonyl (C=O) groups is 1. The van der Waals surface area contributed by atoms with Gasteiger partial charge in [-0.15, -0.1) is 0 Å². The van der Waals surface area contributed by atoms with Crippen molar-refractivity contribution >= 4 is 29.2 Å². The predicted molar refractivity (Wildman–Crippen MR) is 56.5 cm³/mol. The third-order valence-electron chi connectivity index (χ3n) is 1.73. The fourth-order valence-corrected chi connectivity index (χ4v) is 1.43. The minimum absolute atomic E-state index is 0.130. The van der Waals surface area contributed by atoms with Gasteiger partial charge in [0.25, 0.3) is 0 Å². The fraction of sp³-hybridized carbons (Fsp3) is 0.300. The van der Waals surface area contributed by atoms with E-state index in [9.17, 15) is 4.79 Å². The molecule has 1 rings (SSSR count). The zero-order valence-corrected chi connectivity index (χ0v) is 9.23. The summed E-state index contributed by atoms with van der Waals surface area (Å²) in [5.41, 5.74) is 0.651. The highest BCUT2D eigenvalue weighted by Crippen LogP contribution is 2.24. The molecule has 0 N–H and O–H groups in total. The first-order valence-electron chi connectivity index (χ1n) is 4.23. The van der Waals surface area contributed by atoms with E-state index in [0.29, 0.717) is 22.0 Å². The van der Waals surface area contributed by atoms with Gasteiger partial charge in [0, 0.05) is 22.0 Å². The molecule has 0 amide bonds. The van der Waals surface area contributed by atoms with Gasteiger partial charge in [0.15, 0.2) is 0 Å². The van der Waals surface area contributed by atoms with Crippen molar-refractivity contribution in [3.63, 3.8) is 0 Å². The summed E-state index contributed by atoms with van der Waals surface area (Å²) in [5, 5.41) is 1.03. The molecule has 0 bridgehead atoms. The van der Waals surface area contributed by atoms with Crippen molar-refractivity contribution in [2.75, 3.05) is 0 Å². The van der Waals surface area contributed by atoms with Crippen LogP contribution in [-0.4, -0.2) is 5.97 Å². The number of ether oxygens (including phenoxy) is 1. The zero-order chi connectivity index (χ0) is 10.6. The number of rotatable bonds is 3. The molecule has 0 spiro atoms. The number of halogens is 2. The molecule has 76 valence electrons. The Labute approximate surface area is 92.8 Å². The summed E-state index contributed by atoms with van der Waals surface area (Å²) >= 11 is 11.8. The highest BCUT2D eigenvalue weighted by atomic mass is 35.5. The second kappa shape index (κ2) is 5.23. The van der Waals surface area contributed by atoms with E-state index in [1.54, 1.807) is 25.1 Å². The molecule has 0 saturated heterocycles. The monoisotopic (exact) mass is 232 g/mol. The van der Waals surface area contributed by atoms with Crippen molar-refractivity contribution in [2.24, 2.45) is 0 Å². The molecule has 0 fully saturated rings. The molecular formula is C10H10Cl2O2.